The minimum Gasteiger partial charge on any atom is -0.391 e. The molecule has 8 heteroatoms. The second-order valence-corrected chi connectivity index (χ2v) is 3.61. The van der Waals surface area contributed by atoms with E-state index >= 15 is 0 Å². The number of hydrogen-bond acceptors (Lipinski definition) is 8. The van der Waals surface area contributed by atoms with Gasteiger partial charge >= 0.3 is 11.9 Å². The molecule has 8 nitrogen and oxygen atoms in total. The molecular formula is C9H14O8. The molecule has 0 fully saturated rings. The molecule has 0 spiro atoms. The zero-order valence-electron chi connectivity index (χ0n) is 9.23. The third kappa shape index (κ3) is 3.86. The Morgan fingerprint density at radius 1 is 1.29 bits per heavy atom. The van der Waals surface area contributed by atoms with Gasteiger partial charge in [-0.15, -0.1) is 0 Å². The standard InChI is InChI=1S/C9H14O8/c1-4(11)17-8(15)7(14)9(2,16)6(13)5(12)3-10/h3,5-7,12-14,16H,1-2H3. The van der Waals surface area contributed by atoms with Crippen molar-refractivity contribution in [2.24, 2.45) is 0 Å². The summed E-state index contributed by atoms with van der Waals surface area (Å²) < 4.78 is 3.99. The van der Waals surface area contributed by atoms with E-state index in [2.05, 4.69) is 4.74 Å². The third-order valence-corrected chi connectivity index (χ3v) is 2.08. The monoisotopic (exact) mass is 250 g/mol. The van der Waals surface area contributed by atoms with Gasteiger partial charge in [0.25, 0.3) is 0 Å². The Kier molecular flexibility index (Phi) is 5.36. The molecule has 0 rings (SSSR count). The fourth-order valence-electron chi connectivity index (χ4n) is 1.02. The molecule has 0 aromatic heterocycles. The van der Waals surface area contributed by atoms with Gasteiger partial charge in [-0.1, -0.05) is 0 Å². The molecule has 4 unspecified atom stereocenters. The number of carbonyl (C=O) groups excluding carboxylic acids is 3. The first-order valence-corrected chi connectivity index (χ1v) is 4.58. The number of aliphatic hydroxyl groups is 4. The summed E-state index contributed by atoms with van der Waals surface area (Å²) in [6.07, 6.45) is -6.49. The molecule has 0 saturated heterocycles. The van der Waals surface area contributed by atoms with Crippen molar-refractivity contribution in [3.8, 4) is 0 Å². The predicted molar refractivity (Wildman–Crippen MR) is 51.5 cm³/mol. The highest BCUT2D eigenvalue weighted by molar-refractivity contribution is 5.87. The summed E-state index contributed by atoms with van der Waals surface area (Å²) in [4.78, 5) is 31.7. The number of rotatable bonds is 5. The van der Waals surface area contributed by atoms with Crippen LogP contribution < -0.4 is 0 Å². The molecule has 4 atom stereocenters. The lowest BCUT2D eigenvalue weighted by molar-refractivity contribution is -0.193. The first-order valence-electron chi connectivity index (χ1n) is 4.58. The van der Waals surface area contributed by atoms with Crippen LogP contribution in [-0.4, -0.2) is 62.6 Å². The minimum absolute atomic E-state index is 0.0812. The van der Waals surface area contributed by atoms with Gasteiger partial charge in [-0.3, -0.25) is 4.79 Å². The lowest BCUT2D eigenvalue weighted by Gasteiger charge is -2.32. The summed E-state index contributed by atoms with van der Waals surface area (Å²) in [6.45, 7) is 1.70. The van der Waals surface area contributed by atoms with E-state index in [4.69, 9.17) is 5.11 Å². The van der Waals surface area contributed by atoms with Crippen LogP contribution in [0.1, 0.15) is 13.8 Å². The smallest absolute Gasteiger partial charge is 0.345 e. The Balaban J connectivity index is 4.85. The van der Waals surface area contributed by atoms with Crippen LogP contribution in [0, 0.1) is 0 Å². The van der Waals surface area contributed by atoms with Crippen molar-refractivity contribution in [1.82, 2.24) is 0 Å². The fourth-order valence-corrected chi connectivity index (χ4v) is 1.02. The highest BCUT2D eigenvalue weighted by Gasteiger charge is 2.46. The zero-order valence-corrected chi connectivity index (χ0v) is 9.23. The molecular weight excluding hydrogens is 236 g/mol. The van der Waals surface area contributed by atoms with Crippen LogP contribution in [0.5, 0.6) is 0 Å². The second kappa shape index (κ2) is 5.82. The molecule has 0 aromatic rings. The van der Waals surface area contributed by atoms with E-state index in [1.807, 2.05) is 0 Å². The van der Waals surface area contributed by atoms with Gasteiger partial charge in [0.05, 0.1) is 0 Å². The molecule has 0 aliphatic heterocycles. The van der Waals surface area contributed by atoms with Crippen molar-refractivity contribution in [2.75, 3.05) is 0 Å². The molecule has 98 valence electrons. The topological polar surface area (TPSA) is 141 Å². The minimum atomic E-state index is -2.55. The maximum Gasteiger partial charge on any atom is 0.345 e. The summed E-state index contributed by atoms with van der Waals surface area (Å²) in [6, 6.07) is 0. The number of ether oxygens (including phenoxy) is 1. The van der Waals surface area contributed by atoms with E-state index in [0.717, 1.165) is 13.8 Å². The SMILES string of the molecule is CC(=O)OC(=O)C(O)C(C)(O)C(O)C(O)C=O. The van der Waals surface area contributed by atoms with Crippen LogP contribution in [0.25, 0.3) is 0 Å². The van der Waals surface area contributed by atoms with Crippen molar-refractivity contribution < 1.29 is 39.5 Å². The van der Waals surface area contributed by atoms with E-state index in [1.54, 1.807) is 0 Å². The highest BCUT2D eigenvalue weighted by Crippen LogP contribution is 2.19. The molecule has 0 aliphatic carbocycles. The van der Waals surface area contributed by atoms with Gasteiger partial charge in [0.2, 0.25) is 0 Å². The largest absolute Gasteiger partial charge is 0.391 e. The Morgan fingerprint density at radius 2 is 1.76 bits per heavy atom. The summed E-state index contributed by atoms with van der Waals surface area (Å²) in [7, 11) is 0. The van der Waals surface area contributed by atoms with E-state index in [-0.39, 0.29) is 6.29 Å². The molecule has 0 radical (unpaired) electrons. The second-order valence-electron chi connectivity index (χ2n) is 3.61. The first-order chi connectivity index (χ1) is 7.64. The highest BCUT2D eigenvalue weighted by atomic mass is 16.6. The van der Waals surface area contributed by atoms with Crippen LogP contribution in [0.15, 0.2) is 0 Å². The lowest BCUT2D eigenvalue weighted by Crippen LogP contribution is -2.58. The van der Waals surface area contributed by atoms with Crippen molar-refractivity contribution in [2.45, 2.75) is 37.8 Å². The average molecular weight is 250 g/mol. The lowest BCUT2D eigenvalue weighted by atomic mass is 9.89. The number of aldehydes is 1. The zero-order chi connectivity index (χ0) is 13.8. The number of aliphatic hydroxyl groups excluding tert-OH is 3. The van der Waals surface area contributed by atoms with Gasteiger partial charge in [0.1, 0.15) is 17.8 Å². The molecule has 17 heavy (non-hydrogen) atoms. The van der Waals surface area contributed by atoms with Crippen molar-refractivity contribution in [3.63, 3.8) is 0 Å². The predicted octanol–water partition coefficient (Wildman–Crippen LogP) is -2.89. The van der Waals surface area contributed by atoms with Crippen LogP contribution in [0.3, 0.4) is 0 Å². The van der Waals surface area contributed by atoms with Gasteiger partial charge in [0.15, 0.2) is 12.4 Å². The number of carbonyl (C=O) groups is 3. The molecule has 4 N–H and O–H groups in total. The maximum atomic E-state index is 11.1. The molecule has 0 bridgehead atoms. The first kappa shape index (κ1) is 15.7. The van der Waals surface area contributed by atoms with Crippen molar-refractivity contribution >= 4 is 18.2 Å². The maximum absolute atomic E-state index is 11.1. The van der Waals surface area contributed by atoms with E-state index in [0.29, 0.717) is 0 Å². The Hall–Kier alpha value is -1.35. The van der Waals surface area contributed by atoms with Crippen molar-refractivity contribution in [3.05, 3.63) is 0 Å². The van der Waals surface area contributed by atoms with E-state index in [1.165, 1.54) is 0 Å². The molecule has 0 aromatic carbocycles. The van der Waals surface area contributed by atoms with Gasteiger partial charge < -0.3 is 30.0 Å². The van der Waals surface area contributed by atoms with Crippen LogP contribution >= 0.6 is 0 Å². The van der Waals surface area contributed by atoms with Crippen molar-refractivity contribution in [1.29, 1.82) is 0 Å². The van der Waals surface area contributed by atoms with E-state index < -0.39 is 35.9 Å². The molecule has 0 amide bonds. The molecule has 0 saturated carbocycles. The summed E-state index contributed by atoms with van der Waals surface area (Å²) >= 11 is 0. The van der Waals surface area contributed by atoms with Crippen LogP contribution in [0.4, 0.5) is 0 Å². The summed E-state index contributed by atoms with van der Waals surface area (Å²) in [5, 5.41) is 37.2. The van der Waals surface area contributed by atoms with E-state index in [9.17, 15) is 29.7 Å². The molecule has 0 aliphatic rings. The average Bonchev–Trinajstić information content (AvgIpc) is 2.24. The number of esters is 2. The molecule has 0 heterocycles. The van der Waals surface area contributed by atoms with Crippen LogP contribution in [0.2, 0.25) is 0 Å². The Labute approximate surface area is 96.4 Å². The van der Waals surface area contributed by atoms with Crippen LogP contribution in [-0.2, 0) is 19.1 Å². The summed E-state index contributed by atoms with van der Waals surface area (Å²) in [5.41, 5.74) is -2.55. The summed E-state index contributed by atoms with van der Waals surface area (Å²) in [5.74, 6) is -2.52. The third-order valence-electron chi connectivity index (χ3n) is 2.08. The van der Waals surface area contributed by atoms with Gasteiger partial charge in [0, 0.05) is 6.92 Å². The number of hydrogen-bond donors (Lipinski definition) is 4. The van der Waals surface area contributed by atoms with Gasteiger partial charge in [-0.05, 0) is 6.92 Å². The van der Waals surface area contributed by atoms with Gasteiger partial charge in [-0.2, -0.15) is 0 Å². The Bertz CT molecular complexity index is 310. The quantitative estimate of drug-likeness (QED) is 0.231. The normalized spacial score (nSPS) is 19.6. The fraction of sp³-hybridized carbons (Fsp3) is 0.667. The van der Waals surface area contributed by atoms with Gasteiger partial charge in [-0.25, -0.2) is 4.79 Å². The Morgan fingerprint density at radius 3 is 2.12 bits per heavy atom.